The summed E-state index contributed by atoms with van der Waals surface area (Å²) in [5, 5.41) is 0.539. The van der Waals surface area contributed by atoms with E-state index in [0.29, 0.717) is 34.4 Å². The number of rotatable bonds is 5. The smallest absolute Gasteiger partial charge is 0.337 e. The number of halogens is 1. The van der Waals surface area contributed by atoms with Crippen LogP contribution in [0, 0.1) is 11.8 Å². The Labute approximate surface area is 213 Å². The van der Waals surface area contributed by atoms with Crippen LogP contribution in [0.5, 0.6) is 0 Å². The highest BCUT2D eigenvalue weighted by Gasteiger charge is 2.27. The number of hydrogen-bond donors (Lipinski definition) is 1. The predicted molar refractivity (Wildman–Crippen MR) is 143 cm³/mol. The van der Waals surface area contributed by atoms with Crippen molar-refractivity contribution in [2.45, 2.75) is 38.9 Å². The first-order valence-corrected chi connectivity index (χ1v) is 12.3. The summed E-state index contributed by atoms with van der Waals surface area (Å²) in [5.74, 6) is 6.59. The lowest BCUT2D eigenvalue weighted by Gasteiger charge is -2.31. The van der Waals surface area contributed by atoms with Crippen LogP contribution in [0.1, 0.15) is 25.3 Å². The summed E-state index contributed by atoms with van der Waals surface area (Å²) in [6.45, 7) is 3.49. The fraction of sp³-hybridized carbons (Fsp3) is 0.296. The molecule has 2 N–H and O–H groups in total. The number of fused-ring (bicyclic) bond motifs is 1. The van der Waals surface area contributed by atoms with Crippen molar-refractivity contribution in [3.8, 4) is 17.5 Å². The summed E-state index contributed by atoms with van der Waals surface area (Å²) < 4.78 is 4.56. The first kappa shape index (κ1) is 23.9. The molecule has 1 aliphatic heterocycles. The average Bonchev–Trinajstić information content (AvgIpc) is 3.25. The van der Waals surface area contributed by atoms with Gasteiger partial charge < -0.3 is 10.6 Å². The second-order valence-corrected chi connectivity index (χ2v) is 9.36. The summed E-state index contributed by atoms with van der Waals surface area (Å²) in [6, 6.07) is 16.4. The van der Waals surface area contributed by atoms with Gasteiger partial charge in [0.15, 0.2) is 11.2 Å². The number of benzene rings is 2. The average molecular weight is 503 g/mol. The highest BCUT2D eigenvalue weighted by molar-refractivity contribution is 6.30. The van der Waals surface area contributed by atoms with Crippen LogP contribution in [0.25, 0.3) is 16.9 Å². The molecule has 1 atom stereocenters. The largest absolute Gasteiger partial charge is 0.341 e. The second-order valence-electron chi connectivity index (χ2n) is 8.92. The molecule has 3 heterocycles. The fourth-order valence-electron chi connectivity index (χ4n) is 4.73. The standard InChI is InChI=1S/C27H27ClN6O2/c1-2-3-15-32-23-24(30-26(32)31-14-8-11-21(29)18-31)34(22-12-5-4-6-13-22)27(36)33(25(23)35)17-19-9-7-10-20(28)16-19/h4-7,9-10,12-13,16,21H,8,11,14-15,17-18,29H2,1H3/t21-/m1/s1. The fourth-order valence-corrected chi connectivity index (χ4v) is 4.94. The molecule has 1 saturated heterocycles. The number of para-hydroxylation sites is 1. The molecule has 4 aromatic rings. The Balaban J connectivity index is 1.82. The van der Waals surface area contributed by atoms with Crippen LogP contribution < -0.4 is 21.9 Å². The van der Waals surface area contributed by atoms with E-state index in [4.69, 9.17) is 22.3 Å². The van der Waals surface area contributed by atoms with Crippen molar-refractivity contribution < 1.29 is 0 Å². The molecule has 0 amide bonds. The molecule has 2 aromatic heterocycles. The first-order valence-electron chi connectivity index (χ1n) is 11.9. The van der Waals surface area contributed by atoms with Crippen molar-refractivity contribution in [2.24, 2.45) is 5.73 Å². The zero-order chi connectivity index (χ0) is 25.2. The van der Waals surface area contributed by atoms with Gasteiger partial charge in [-0.2, -0.15) is 4.98 Å². The van der Waals surface area contributed by atoms with E-state index in [-0.39, 0.29) is 19.1 Å². The Hall–Kier alpha value is -3.80. The number of anilines is 1. The van der Waals surface area contributed by atoms with Gasteiger partial charge in [0.1, 0.15) is 0 Å². The Bertz CT molecular complexity index is 1590. The van der Waals surface area contributed by atoms with Gasteiger partial charge in [-0.05, 0) is 49.6 Å². The highest BCUT2D eigenvalue weighted by Crippen LogP contribution is 2.24. The second kappa shape index (κ2) is 10.1. The van der Waals surface area contributed by atoms with Crippen molar-refractivity contribution in [3.63, 3.8) is 0 Å². The van der Waals surface area contributed by atoms with Gasteiger partial charge in [0.2, 0.25) is 5.95 Å². The Morgan fingerprint density at radius 1 is 1.11 bits per heavy atom. The minimum Gasteiger partial charge on any atom is -0.341 e. The lowest BCUT2D eigenvalue weighted by atomic mass is 10.1. The molecule has 8 nitrogen and oxygen atoms in total. The third-order valence-electron chi connectivity index (χ3n) is 6.41. The lowest BCUT2D eigenvalue weighted by molar-refractivity contribution is 0.496. The molecule has 0 radical (unpaired) electrons. The number of nitrogens with zero attached hydrogens (tertiary/aromatic N) is 5. The summed E-state index contributed by atoms with van der Waals surface area (Å²) in [5.41, 5.74) is 7.40. The Kier molecular flexibility index (Phi) is 6.68. The minimum atomic E-state index is -0.466. The molecule has 0 spiro atoms. The van der Waals surface area contributed by atoms with Crippen LogP contribution in [-0.4, -0.2) is 37.8 Å². The first-order chi connectivity index (χ1) is 17.5. The van der Waals surface area contributed by atoms with Crippen LogP contribution in [0.4, 0.5) is 5.95 Å². The topological polar surface area (TPSA) is 91.1 Å². The minimum absolute atomic E-state index is 0.0140. The molecule has 0 saturated carbocycles. The predicted octanol–water partition coefficient (Wildman–Crippen LogP) is 3.00. The third kappa shape index (κ3) is 4.43. The number of piperidine rings is 1. The maximum Gasteiger partial charge on any atom is 0.337 e. The van der Waals surface area contributed by atoms with Crippen LogP contribution in [-0.2, 0) is 13.1 Å². The van der Waals surface area contributed by atoms with E-state index in [9.17, 15) is 9.59 Å². The monoisotopic (exact) mass is 502 g/mol. The van der Waals surface area contributed by atoms with Gasteiger partial charge in [0.25, 0.3) is 5.56 Å². The van der Waals surface area contributed by atoms with Gasteiger partial charge in [0.05, 0.1) is 18.8 Å². The number of nitrogens with two attached hydrogens (primary N) is 1. The van der Waals surface area contributed by atoms with E-state index in [1.165, 1.54) is 9.13 Å². The number of hydrogen-bond acceptors (Lipinski definition) is 5. The number of aromatic nitrogens is 4. The normalized spacial score (nSPS) is 15.6. The van der Waals surface area contributed by atoms with Crippen molar-refractivity contribution in [1.29, 1.82) is 0 Å². The van der Waals surface area contributed by atoms with E-state index in [0.717, 1.165) is 24.9 Å². The van der Waals surface area contributed by atoms with E-state index in [1.807, 2.05) is 41.0 Å². The van der Waals surface area contributed by atoms with Gasteiger partial charge in [-0.1, -0.05) is 47.9 Å². The van der Waals surface area contributed by atoms with Crippen LogP contribution in [0.2, 0.25) is 5.02 Å². The van der Waals surface area contributed by atoms with Crippen molar-refractivity contribution >= 4 is 28.7 Å². The Morgan fingerprint density at radius 2 is 1.92 bits per heavy atom. The Morgan fingerprint density at radius 3 is 2.64 bits per heavy atom. The van der Waals surface area contributed by atoms with Crippen LogP contribution in [0.3, 0.4) is 0 Å². The van der Waals surface area contributed by atoms with Gasteiger partial charge in [-0.15, -0.1) is 5.92 Å². The van der Waals surface area contributed by atoms with Gasteiger partial charge >= 0.3 is 5.69 Å². The van der Waals surface area contributed by atoms with Gasteiger partial charge in [0, 0.05) is 24.2 Å². The molecule has 184 valence electrons. The SMILES string of the molecule is CC#CCn1c(N2CCC[C@@H](N)C2)nc2c1c(=O)n(Cc1cccc(Cl)c1)c(=O)n2-c1ccccc1. The molecule has 2 aromatic carbocycles. The molecule has 1 aliphatic rings. The third-order valence-corrected chi connectivity index (χ3v) is 6.64. The van der Waals surface area contributed by atoms with E-state index >= 15 is 0 Å². The summed E-state index contributed by atoms with van der Waals surface area (Å²) in [6.07, 6.45) is 1.86. The van der Waals surface area contributed by atoms with E-state index in [2.05, 4.69) is 16.7 Å². The van der Waals surface area contributed by atoms with E-state index < -0.39 is 11.2 Å². The molecular weight excluding hydrogens is 476 g/mol. The maximum atomic E-state index is 13.9. The van der Waals surface area contributed by atoms with Crippen molar-refractivity contribution in [3.05, 3.63) is 86.0 Å². The quantitative estimate of drug-likeness (QED) is 0.424. The number of imidazole rings is 1. The summed E-state index contributed by atoms with van der Waals surface area (Å²) >= 11 is 6.18. The van der Waals surface area contributed by atoms with Crippen molar-refractivity contribution in [1.82, 2.24) is 18.7 Å². The lowest BCUT2D eigenvalue weighted by Crippen LogP contribution is -2.44. The van der Waals surface area contributed by atoms with Crippen LogP contribution in [0.15, 0.2) is 64.2 Å². The molecule has 1 fully saturated rings. The molecule has 9 heteroatoms. The molecule has 36 heavy (non-hydrogen) atoms. The van der Waals surface area contributed by atoms with Gasteiger partial charge in [-0.3, -0.25) is 13.9 Å². The van der Waals surface area contributed by atoms with E-state index in [1.54, 1.807) is 25.1 Å². The maximum absolute atomic E-state index is 13.9. The molecule has 5 rings (SSSR count). The van der Waals surface area contributed by atoms with Gasteiger partial charge in [-0.25, -0.2) is 9.36 Å². The zero-order valence-corrected chi connectivity index (χ0v) is 20.8. The van der Waals surface area contributed by atoms with Crippen molar-refractivity contribution in [2.75, 3.05) is 18.0 Å². The molecule has 0 unspecified atom stereocenters. The molecule has 0 bridgehead atoms. The van der Waals surface area contributed by atoms with Crippen LogP contribution >= 0.6 is 11.6 Å². The highest BCUT2D eigenvalue weighted by atomic mass is 35.5. The summed E-state index contributed by atoms with van der Waals surface area (Å²) in [7, 11) is 0. The molecular formula is C27H27ClN6O2. The summed E-state index contributed by atoms with van der Waals surface area (Å²) in [4.78, 5) is 34.7. The zero-order valence-electron chi connectivity index (χ0n) is 20.0. The molecule has 0 aliphatic carbocycles.